The lowest BCUT2D eigenvalue weighted by molar-refractivity contribution is -0.122. The van der Waals surface area contributed by atoms with Gasteiger partial charge in [0.05, 0.1) is 42.9 Å². The molecule has 0 spiro atoms. The Labute approximate surface area is 321 Å². The maximum absolute atomic E-state index is 13.8. The van der Waals surface area contributed by atoms with E-state index in [1.165, 1.54) is 0 Å². The zero-order valence-corrected chi connectivity index (χ0v) is 32.2. The predicted octanol–water partition coefficient (Wildman–Crippen LogP) is 6.60. The molecule has 1 unspecified atom stereocenters. The van der Waals surface area contributed by atoms with Crippen molar-refractivity contribution >= 4 is 29.7 Å². The lowest BCUT2D eigenvalue weighted by Crippen LogP contribution is -2.37. The minimum atomic E-state index is -0.273. The zero-order valence-electron chi connectivity index (χ0n) is 32.2. The van der Waals surface area contributed by atoms with Crippen LogP contribution in [-0.2, 0) is 14.9 Å². The fourth-order valence-corrected chi connectivity index (χ4v) is 7.93. The van der Waals surface area contributed by atoms with Gasteiger partial charge in [-0.15, -0.1) is 10.2 Å². The molecular formula is C41H51N9O5. The molecule has 1 aliphatic carbocycles. The normalized spacial score (nSPS) is 20.0. The van der Waals surface area contributed by atoms with Gasteiger partial charge in [-0.2, -0.15) is 5.10 Å². The number of hydrogen-bond acceptors (Lipinski definition) is 9. The van der Waals surface area contributed by atoms with Gasteiger partial charge in [-0.25, -0.2) is 9.48 Å². The number of urea groups is 1. The molecular weight excluding hydrogens is 699 g/mol. The topological polar surface area (TPSA) is 151 Å². The van der Waals surface area contributed by atoms with Crippen LogP contribution in [0.15, 0.2) is 66.9 Å². The minimum Gasteiger partial charge on any atom is -0.484 e. The third-order valence-electron chi connectivity index (χ3n) is 10.8. The first-order valence-electron chi connectivity index (χ1n) is 19.0. The van der Waals surface area contributed by atoms with Gasteiger partial charge in [-0.05, 0) is 87.2 Å². The molecule has 2 aliphatic heterocycles. The molecule has 0 bridgehead atoms. The molecule has 0 saturated carbocycles. The van der Waals surface area contributed by atoms with Crippen molar-refractivity contribution in [3.63, 3.8) is 0 Å². The number of nitrogens with zero attached hydrogens (tertiary/aromatic N) is 7. The number of fused-ring (bicyclic) bond motifs is 2. The zero-order chi connectivity index (χ0) is 38.7. The highest BCUT2D eigenvalue weighted by atomic mass is 16.5. The maximum Gasteiger partial charge on any atom is 0.320 e. The molecule has 3 aromatic heterocycles. The Morgan fingerprint density at radius 1 is 0.964 bits per heavy atom. The molecule has 5 heterocycles. The number of carboxylic acid groups (broad SMARTS) is 1. The third-order valence-corrected chi connectivity index (χ3v) is 10.8. The summed E-state index contributed by atoms with van der Waals surface area (Å²) >= 11 is 0. The van der Waals surface area contributed by atoms with Crippen LogP contribution in [0.3, 0.4) is 0 Å². The van der Waals surface area contributed by atoms with Crippen molar-refractivity contribution in [3.05, 3.63) is 95.1 Å². The number of pyridine rings is 1. The Morgan fingerprint density at radius 3 is 2.44 bits per heavy atom. The highest BCUT2D eigenvalue weighted by molar-refractivity contribution is 5.89. The summed E-state index contributed by atoms with van der Waals surface area (Å²) < 4.78 is 16.2. The number of likely N-dealkylation sites (tertiary alicyclic amines) is 1. The van der Waals surface area contributed by atoms with E-state index in [2.05, 4.69) is 100 Å². The van der Waals surface area contributed by atoms with Crippen molar-refractivity contribution < 1.29 is 24.2 Å². The largest absolute Gasteiger partial charge is 0.484 e. The Bertz CT molecular complexity index is 2130. The highest BCUT2D eigenvalue weighted by Crippen LogP contribution is 2.39. The van der Waals surface area contributed by atoms with Gasteiger partial charge < -0.3 is 24.8 Å². The SMILES string of the molecule is Cc1c(N2CCOCC2)cccc1-n1nc(C(C)(C)C)cc1NC(=O)N[C@H]1CC[C@@H](Oc2ccc3nnc(C4CCCN4C)n3c2)c2ccccc21.O=CO. The number of morpholine rings is 1. The lowest BCUT2D eigenvalue weighted by atomic mass is 9.85. The molecule has 2 aromatic carbocycles. The van der Waals surface area contributed by atoms with Crippen LogP contribution in [0.4, 0.5) is 16.3 Å². The summed E-state index contributed by atoms with van der Waals surface area (Å²) in [6.45, 7) is 12.4. The van der Waals surface area contributed by atoms with Crippen molar-refractivity contribution in [2.24, 2.45) is 0 Å². The number of amides is 2. The highest BCUT2D eigenvalue weighted by Gasteiger charge is 2.31. The van der Waals surface area contributed by atoms with Crippen molar-refractivity contribution in [3.8, 4) is 11.4 Å². The van der Waals surface area contributed by atoms with Crippen LogP contribution in [-0.4, -0.2) is 86.8 Å². The van der Waals surface area contributed by atoms with Gasteiger partial charge in [0, 0.05) is 30.3 Å². The molecule has 14 nitrogen and oxygen atoms in total. The average Bonchev–Trinajstić information content (AvgIpc) is 3.91. The Balaban J connectivity index is 0.00000150. The fourth-order valence-electron chi connectivity index (χ4n) is 7.93. The van der Waals surface area contributed by atoms with Gasteiger partial charge in [0.15, 0.2) is 11.5 Å². The van der Waals surface area contributed by atoms with Crippen LogP contribution in [0, 0.1) is 6.92 Å². The molecule has 55 heavy (non-hydrogen) atoms. The molecule has 0 radical (unpaired) electrons. The van der Waals surface area contributed by atoms with E-state index < -0.39 is 0 Å². The van der Waals surface area contributed by atoms with E-state index in [1.807, 2.05) is 41.2 Å². The smallest absolute Gasteiger partial charge is 0.320 e. The van der Waals surface area contributed by atoms with E-state index >= 15 is 0 Å². The van der Waals surface area contributed by atoms with Crippen molar-refractivity contribution in [1.29, 1.82) is 0 Å². The lowest BCUT2D eigenvalue weighted by Gasteiger charge is -2.32. The number of rotatable bonds is 7. The van der Waals surface area contributed by atoms with Gasteiger partial charge in [0.1, 0.15) is 17.7 Å². The predicted molar refractivity (Wildman–Crippen MR) is 210 cm³/mol. The number of carbonyl (C=O) groups excluding carboxylic acids is 1. The van der Waals surface area contributed by atoms with E-state index in [4.69, 9.17) is 24.5 Å². The molecule has 2 fully saturated rings. The summed E-state index contributed by atoms with van der Waals surface area (Å²) in [5.74, 6) is 2.35. The van der Waals surface area contributed by atoms with Crippen molar-refractivity contribution in [2.45, 2.75) is 77.0 Å². The van der Waals surface area contributed by atoms with Crippen LogP contribution in [0.5, 0.6) is 5.75 Å². The Morgan fingerprint density at radius 2 is 1.71 bits per heavy atom. The van der Waals surface area contributed by atoms with Crippen LogP contribution in [0.1, 0.15) is 92.9 Å². The molecule has 3 aliphatic rings. The summed E-state index contributed by atoms with van der Waals surface area (Å²) in [6.07, 6.45) is 5.58. The van der Waals surface area contributed by atoms with Gasteiger partial charge in [0.2, 0.25) is 0 Å². The summed E-state index contributed by atoms with van der Waals surface area (Å²) in [6, 6.07) is 20.3. The van der Waals surface area contributed by atoms with E-state index in [9.17, 15) is 4.79 Å². The average molecular weight is 750 g/mol. The molecule has 2 saturated heterocycles. The van der Waals surface area contributed by atoms with Crippen LogP contribution in [0.2, 0.25) is 0 Å². The fraction of sp³-hybridized carbons (Fsp3) is 0.439. The summed E-state index contributed by atoms with van der Waals surface area (Å²) in [7, 11) is 2.15. The minimum absolute atomic E-state index is 0.152. The maximum atomic E-state index is 13.8. The first kappa shape index (κ1) is 37.8. The van der Waals surface area contributed by atoms with Gasteiger partial charge in [-0.1, -0.05) is 51.1 Å². The Hall–Kier alpha value is -5.47. The molecule has 5 aromatic rings. The third kappa shape index (κ3) is 8.01. The number of hydrogen-bond donors (Lipinski definition) is 3. The molecule has 8 rings (SSSR count). The van der Waals surface area contributed by atoms with Gasteiger partial charge >= 0.3 is 6.03 Å². The number of nitrogens with one attached hydrogen (secondary N) is 2. The van der Waals surface area contributed by atoms with Gasteiger partial charge in [-0.3, -0.25) is 19.4 Å². The quantitative estimate of drug-likeness (QED) is 0.155. The monoisotopic (exact) mass is 749 g/mol. The van der Waals surface area contributed by atoms with E-state index in [1.54, 1.807) is 0 Å². The second kappa shape index (κ2) is 16.1. The number of ether oxygens (including phenoxy) is 2. The summed E-state index contributed by atoms with van der Waals surface area (Å²) in [5.41, 5.74) is 6.84. The first-order valence-corrected chi connectivity index (χ1v) is 19.0. The summed E-state index contributed by atoms with van der Waals surface area (Å²) in [5, 5.41) is 27.3. The molecule has 3 N–H and O–H groups in total. The van der Waals surface area contributed by atoms with Crippen LogP contribution >= 0.6 is 0 Å². The second-order valence-corrected chi connectivity index (χ2v) is 15.5. The number of anilines is 2. The Kier molecular flexibility index (Phi) is 11.1. The molecule has 290 valence electrons. The molecule has 2 amide bonds. The number of carbonyl (C=O) groups is 2. The van der Waals surface area contributed by atoms with E-state index in [-0.39, 0.29) is 36.1 Å². The standard InChI is InChI=1S/C40H49N9O3.CH2O2/c1-26-31(47-20-22-51-23-21-47)12-8-13-32(26)49-37(24-35(45-49)40(2,3)4)42-39(50)41-30-16-17-34(29-11-7-6-10-28(29)30)52-27-15-18-36-43-44-38(48(36)25-27)33-14-9-19-46(33)5;2-1-3/h6-8,10-13,15,18,24-25,30,33-34H,9,14,16-17,19-23H2,1-5H3,(H2,41,42,50);1H,(H,2,3)/t30-,33?,34+;/m0./s1. The van der Waals surface area contributed by atoms with E-state index in [0.29, 0.717) is 19.0 Å². The molecule has 14 heteroatoms. The van der Waals surface area contributed by atoms with Crippen LogP contribution < -0.4 is 20.3 Å². The second-order valence-electron chi connectivity index (χ2n) is 15.5. The van der Waals surface area contributed by atoms with E-state index in [0.717, 1.165) is 96.3 Å². The molecule has 3 atom stereocenters. The van der Waals surface area contributed by atoms with Crippen LogP contribution in [0.25, 0.3) is 11.3 Å². The number of aromatic nitrogens is 5. The number of benzene rings is 2. The van der Waals surface area contributed by atoms with Crippen molar-refractivity contribution in [2.75, 3.05) is 50.1 Å². The van der Waals surface area contributed by atoms with Crippen molar-refractivity contribution in [1.82, 2.24) is 34.6 Å². The first-order chi connectivity index (χ1) is 26.5. The summed E-state index contributed by atoms with van der Waals surface area (Å²) in [4.78, 5) is 26.9. The van der Waals surface area contributed by atoms with Gasteiger partial charge in [0.25, 0.3) is 6.47 Å².